The van der Waals surface area contributed by atoms with Crippen LogP contribution in [-0.2, 0) is 12.8 Å². The first-order chi connectivity index (χ1) is 9.70. The summed E-state index contributed by atoms with van der Waals surface area (Å²) in [4.78, 5) is 11.3. The maximum Gasteiger partial charge on any atom is 0.128 e. The predicted molar refractivity (Wildman–Crippen MR) is 74.8 cm³/mol. The molecule has 2 aromatic carbocycles. The lowest BCUT2D eigenvalue weighted by molar-refractivity contribution is -0.255. The fourth-order valence-corrected chi connectivity index (χ4v) is 2.78. The van der Waals surface area contributed by atoms with Gasteiger partial charge in [0, 0.05) is 5.56 Å². The summed E-state index contributed by atoms with van der Waals surface area (Å²) in [6, 6.07) is 11.6. The predicted octanol–water partition coefficient (Wildman–Crippen LogP) is 2.21. The van der Waals surface area contributed by atoms with Gasteiger partial charge in [-0.2, -0.15) is 0 Å². The minimum absolute atomic E-state index is 0.127. The van der Waals surface area contributed by atoms with E-state index >= 15 is 0 Å². The van der Waals surface area contributed by atoms with Crippen LogP contribution < -0.4 is 9.84 Å². The summed E-state index contributed by atoms with van der Waals surface area (Å²) in [6.45, 7) is 2.28. The highest BCUT2D eigenvalue weighted by Gasteiger charge is 2.19. The number of hydrogen-bond donors (Lipinski definition) is 0. The first kappa shape index (κ1) is 12.7. The molecule has 1 aliphatic carbocycles. The molecule has 0 amide bonds. The third kappa shape index (κ3) is 2.05. The second-order valence-corrected chi connectivity index (χ2v) is 4.88. The van der Waals surface area contributed by atoms with Gasteiger partial charge in [0.25, 0.3) is 0 Å². The van der Waals surface area contributed by atoms with E-state index in [4.69, 9.17) is 4.74 Å². The topological polar surface area (TPSA) is 49.4 Å². The molecular formula is C17H15O3-. The van der Waals surface area contributed by atoms with Crippen LogP contribution in [0.2, 0.25) is 0 Å². The van der Waals surface area contributed by atoms with Crippen molar-refractivity contribution in [3.63, 3.8) is 0 Å². The zero-order chi connectivity index (χ0) is 14.1. The van der Waals surface area contributed by atoms with Crippen LogP contribution in [0.1, 0.15) is 28.4 Å². The minimum Gasteiger partial charge on any atom is -0.545 e. The Bertz CT molecular complexity index is 674. The molecule has 0 N–H and O–H groups in total. The largest absolute Gasteiger partial charge is 0.545 e. The van der Waals surface area contributed by atoms with Gasteiger partial charge in [-0.15, -0.1) is 0 Å². The Morgan fingerprint density at radius 2 is 1.90 bits per heavy atom. The smallest absolute Gasteiger partial charge is 0.128 e. The molecule has 2 aromatic rings. The molecule has 20 heavy (non-hydrogen) atoms. The minimum atomic E-state index is -1.20. The van der Waals surface area contributed by atoms with Crippen LogP contribution in [0.15, 0.2) is 36.4 Å². The van der Waals surface area contributed by atoms with Gasteiger partial charge in [0.2, 0.25) is 0 Å². The van der Waals surface area contributed by atoms with Crippen molar-refractivity contribution in [3.8, 4) is 16.9 Å². The monoisotopic (exact) mass is 267 g/mol. The van der Waals surface area contributed by atoms with Crippen LogP contribution >= 0.6 is 0 Å². The van der Waals surface area contributed by atoms with Gasteiger partial charge in [0.1, 0.15) is 5.75 Å². The van der Waals surface area contributed by atoms with Gasteiger partial charge in [-0.25, -0.2) is 0 Å². The number of aryl methyl sites for hydroxylation is 2. The summed E-state index contributed by atoms with van der Waals surface area (Å²) in [6.07, 6.45) is 1.87. The zero-order valence-corrected chi connectivity index (χ0v) is 11.3. The van der Waals surface area contributed by atoms with Crippen molar-refractivity contribution in [2.75, 3.05) is 6.61 Å². The van der Waals surface area contributed by atoms with E-state index in [1.807, 2.05) is 31.2 Å². The number of rotatable bonds is 3. The molecule has 1 aliphatic rings. The summed E-state index contributed by atoms with van der Waals surface area (Å²) in [5.74, 6) is -0.787. The number of hydrogen-bond acceptors (Lipinski definition) is 3. The Balaban J connectivity index is 2.20. The Kier molecular flexibility index (Phi) is 3.18. The normalized spacial score (nSPS) is 12.4. The van der Waals surface area contributed by atoms with Crippen LogP contribution in [0.5, 0.6) is 5.75 Å². The quantitative estimate of drug-likeness (QED) is 0.856. The molecule has 0 atom stereocenters. The number of ether oxygens (including phenoxy) is 1. The van der Waals surface area contributed by atoms with Crippen molar-refractivity contribution in [2.45, 2.75) is 19.8 Å². The van der Waals surface area contributed by atoms with Crippen molar-refractivity contribution in [2.24, 2.45) is 0 Å². The van der Waals surface area contributed by atoms with Crippen LogP contribution in [-0.4, -0.2) is 12.6 Å². The number of carbonyl (C=O) groups is 1. The van der Waals surface area contributed by atoms with Crippen molar-refractivity contribution in [1.29, 1.82) is 0 Å². The number of carboxylic acid groups (broad SMARTS) is 1. The molecule has 3 nitrogen and oxygen atoms in total. The van der Waals surface area contributed by atoms with Gasteiger partial charge < -0.3 is 14.6 Å². The van der Waals surface area contributed by atoms with E-state index in [1.54, 1.807) is 6.07 Å². The lowest BCUT2D eigenvalue weighted by atomic mass is 9.84. The summed E-state index contributed by atoms with van der Waals surface area (Å²) < 4.78 is 5.43. The second-order valence-electron chi connectivity index (χ2n) is 4.88. The Morgan fingerprint density at radius 1 is 1.15 bits per heavy atom. The molecule has 0 spiro atoms. The number of benzene rings is 2. The summed E-state index contributed by atoms with van der Waals surface area (Å²) in [7, 11) is 0. The van der Waals surface area contributed by atoms with E-state index < -0.39 is 5.97 Å². The van der Waals surface area contributed by atoms with E-state index in [9.17, 15) is 9.90 Å². The maximum absolute atomic E-state index is 11.3. The molecule has 0 saturated carbocycles. The molecule has 3 rings (SSSR count). The molecule has 0 fully saturated rings. The number of carboxylic acids is 1. The number of fused-ring (bicyclic) bond motifs is 3. The Morgan fingerprint density at radius 3 is 2.65 bits per heavy atom. The van der Waals surface area contributed by atoms with E-state index in [0.717, 1.165) is 29.5 Å². The summed E-state index contributed by atoms with van der Waals surface area (Å²) in [5, 5.41) is 11.3. The molecule has 0 bridgehead atoms. The Hall–Kier alpha value is -2.29. The SMILES string of the molecule is CCOc1cc2c(cc1C(=O)[O-])-c1ccccc1CC2. The van der Waals surface area contributed by atoms with Crippen LogP contribution in [0.3, 0.4) is 0 Å². The van der Waals surface area contributed by atoms with Gasteiger partial charge in [0.05, 0.1) is 12.6 Å². The number of carbonyl (C=O) groups excluding carboxylic acids is 1. The molecular weight excluding hydrogens is 252 g/mol. The fourth-order valence-electron chi connectivity index (χ4n) is 2.78. The maximum atomic E-state index is 11.3. The molecule has 0 unspecified atom stereocenters. The highest BCUT2D eigenvalue weighted by molar-refractivity contribution is 5.92. The molecule has 0 radical (unpaired) electrons. The lowest BCUT2D eigenvalue weighted by Gasteiger charge is -2.22. The third-order valence-corrected chi connectivity index (χ3v) is 3.70. The fraction of sp³-hybridized carbons (Fsp3) is 0.235. The molecule has 0 saturated heterocycles. The highest BCUT2D eigenvalue weighted by atomic mass is 16.5. The van der Waals surface area contributed by atoms with Crippen molar-refractivity contribution in [1.82, 2.24) is 0 Å². The van der Waals surface area contributed by atoms with Crippen molar-refractivity contribution in [3.05, 3.63) is 53.1 Å². The third-order valence-electron chi connectivity index (χ3n) is 3.70. The van der Waals surface area contributed by atoms with E-state index in [0.29, 0.717) is 12.4 Å². The molecule has 0 aromatic heterocycles. The lowest BCUT2D eigenvalue weighted by Crippen LogP contribution is -2.23. The molecule has 102 valence electrons. The van der Waals surface area contributed by atoms with Gasteiger partial charge >= 0.3 is 0 Å². The van der Waals surface area contributed by atoms with E-state index in [-0.39, 0.29) is 5.56 Å². The van der Waals surface area contributed by atoms with Gasteiger partial charge in [-0.05, 0) is 54.2 Å². The van der Waals surface area contributed by atoms with Gasteiger partial charge in [-0.3, -0.25) is 0 Å². The molecule has 3 heteroatoms. The first-order valence-corrected chi connectivity index (χ1v) is 6.80. The first-order valence-electron chi connectivity index (χ1n) is 6.80. The average Bonchev–Trinajstić information content (AvgIpc) is 2.46. The summed E-state index contributed by atoms with van der Waals surface area (Å²) >= 11 is 0. The molecule has 0 aliphatic heterocycles. The van der Waals surface area contributed by atoms with Crippen LogP contribution in [0.4, 0.5) is 0 Å². The van der Waals surface area contributed by atoms with Gasteiger partial charge in [0.15, 0.2) is 0 Å². The van der Waals surface area contributed by atoms with Gasteiger partial charge in [-0.1, -0.05) is 24.3 Å². The van der Waals surface area contributed by atoms with Crippen LogP contribution in [0, 0.1) is 0 Å². The molecule has 0 heterocycles. The van der Waals surface area contributed by atoms with E-state index in [1.165, 1.54) is 5.56 Å². The van der Waals surface area contributed by atoms with Crippen molar-refractivity contribution >= 4 is 5.97 Å². The standard InChI is InChI=1S/C17H16O3/c1-2-20-16-9-12-8-7-11-5-3-4-6-13(11)14(12)10-15(16)17(18)19/h3-6,9-10H,2,7-8H2,1H3,(H,18,19)/p-1. The highest BCUT2D eigenvalue weighted by Crippen LogP contribution is 2.37. The second kappa shape index (κ2) is 5.00. The zero-order valence-electron chi connectivity index (χ0n) is 11.3. The van der Waals surface area contributed by atoms with Crippen LogP contribution in [0.25, 0.3) is 11.1 Å². The average molecular weight is 267 g/mol. The Labute approximate surface area is 117 Å². The number of aromatic carboxylic acids is 1. The van der Waals surface area contributed by atoms with E-state index in [2.05, 4.69) is 6.07 Å². The van der Waals surface area contributed by atoms with Crippen molar-refractivity contribution < 1.29 is 14.6 Å². The summed E-state index contributed by atoms with van der Waals surface area (Å²) in [5.41, 5.74) is 4.61.